The predicted octanol–water partition coefficient (Wildman–Crippen LogP) is 2.16. The van der Waals surface area contributed by atoms with Crippen LogP contribution >= 0.6 is 0 Å². The summed E-state index contributed by atoms with van der Waals surface area (Å²) in [5.41, 5.74) is 3.46. The van der Waals surface area contributed by atoms with Gasteiger partial charge in [-0.25, -0.2) is 0 Å². The van der Waals surface area contributed by atoms with Crippen LogP contribution in [0.5, 0.6) is 0 Å². The first-order valence-corrected chi connectivity index (χ1v) is 5.93. The van der Waals surface area contributed by atoms with Crippen LogP contribution in [-0.2, 0) is 0 Å². The summed E-state index contributed by atoms with van der Waals surface area (Å²) in [5, 5.41) is 11.8. The highest BCUT2D eigenvalue weighted by Gasteiger charge is 2.38. The van der Waals surface area contributed by atoms with Crippen LogP contribution in [0, 0.1) is 10.1 Å². The van der Waals surface area contributed by atoms with Crippen LogP contribution in [0.4, 0.5) is 5.69 Å². The molecule has 1 fully saturated rings. The average Bonchev–Trinajstić information content (AvgIpc) is 2.82. The molecule has 0 bridgehead atoms. The lowest BCUT2D eigenvalue weighted by atomic mass is 10.0. The molecule has 5 heteroatoms. The number of nitro groups is 1. The van der Waals surface area contributed by atoms with Crippen molar-refractivity contribution in [1.82, 2.24) is 9.88 Å². The van der Waals surface area contributed by atoms with E-state index in [1.54, 1.807) is 12.1 Å². The lowest BCUT2D eigenvalue weighted by Crippen LogP contribution is -1.97. The van der Waals surface area contributed by atoms with Crippen LogP contribution in [0.3, 0.4) is 0 Å². The van der Waals surface area contributed by atoms with E-state index in [-0.39, 0.29) is 10.6 Å². The maximum Gasteiger partial charge on any atom is 0.271 e. The second kappa shape index (κ2) is 3.20. The second-order valence-corrected chi connectivity index (χ2v) is 4.88. The summed E-state index contributed by atoms with van der Waals surface area (Å²) in [4.78, 5) is 15.9. The zero-order valence-corrected chi connectivity index (χ0v) is 9.59. The minimum atomic E-state index is -0.365. The topological polar surface area (TPSA) is 61.9 Å². The number of aromatic amines is 1. The van der Waals surface area contributed by atoms with Gasteiger partial charge in [0.05, 0.1) is 10.4 Å². The van der Waals surface area contributed by atoms with E-state index < -0.39 is 0 Å². The van der Waals surface area contributed by atoms with Gasteiger partial charge < -0.3 is 4.98 Å². The first-order valence-electron chi connectivity index (χ1n) is 5.93. The molecule has 1 aromatic carbocycles. The lowest BCUT2D eigenvalue weighted by Gasteiger charge is -2.02. The van der Waals surface area contributed by atoms with Gasteiger partial charge in [-0.2, -0.15) is 0 Å². The number of benzene rings is 1. The van der Waals surface area contributed by atoms with Crippen LogP contribution < -0.4 is 0 Å². The normalized spacial score (nSPS) is 25.0. The van der Waals surface area contributed by atoms with E-state index in [1.807, 2.05) is 12.3 Å². The van der Waals surface area contributed by atoms with Gasteiger partial charge in [0.2, 0.25) is 0 Å². The van der Waals surface area contributed by atoms with Crippen LogP contribution in [0.25, 0.3) is 16.5 Å². The van der Waals surface area contributed by atoms with Crippen LogP contribution in [0.2, 0.25) is 0 Å². The summed E-state index contributed by atoms with van der Waals surface area (Å²) in [6.07, 6.45) is 4.25. The van der Waals surface area contributed by atoms with Crippen molar-refractivity contribution in [3.63, 3.8) is 0 Å². The molecule has 2 aliphatic rings. The third kappa shape index (κ3) is 1.31. The fourth-order valence-electron chi connectivity index (χ4n) is 2.71. The highest BCUT2D eigenvalue weighted by Crippen LogP contribution is 2.36. The van der Waals surface area contributed by atoms with Crippen molar-refractivity contribution in [3.8, 4) is 0 Å². The van der Waals surface area contributed by atoms with Crippen molar-refractivity contribution in [2.24, 2.45) is 0 Å². The first kappa shape index (κ1) is 9.85. The molecular formula is C13H11N3O2. The number of hydrogen-bond donors (Lipinski definition) is 1. The van der Waals surface area contributed by atoms with E-state index in [0.717, 1.165) is 17.4 Å². The summed E-state index contributed by atoms with van der Waals surface area (Å²) in [6.45, 7) is 2.17. The molecule has 2 unspecified atom stereocenters. The number of hydrogen-bond acceptors (Lipinski definition) is 3. The standard InChI is InChI=1S/C13H11N3O2/c17-16(18)9-1-2-11-12(5-14-13(11)4-9)8-3-10-7-15(10)6-8/h1-5,10,14H,6-7H2. The number of nitro benzene ring substituents is 1. The Balaban J connectivity index is 1.83. The van der Waals surface area contributed by atoms with Crippen molar-refractivity contribution in [2.45, 2.75) is 6.04 Å². The molecular weight excluding hydrogens is 230 g/mol. The number of H-pyrrole nitrogens is 1. The minimum absolute atomic E-state index is 0.128. The number of fused-ring (bicyclic) bond motifs is 2. The zero-order chi connectivity index (χ0) is 12.3. The Morgan fingerprint density at radius 1 is 1.44 bits per heavy atom. The van der Waals surface area contributed by atoms with E-state index in [1.165, 1.54) is 17.7 Å². The SMILES string of the molecule is O=[N+]([O-])c1ccc2c(C3=CC4CN4C3)c[nH]c2c1. The number of aromatic nitrogens is 1. The molecule has 0 radical (unpaired) electrons. The Hall–Kier alpha value is -2.14. The third-order valence-corrected chi connectivity index (χ3v) is 3.75. The maximum absolute atomic E-state index is 10.7. The van der Waals surface area contributed by atoms with E-state index >= 15 is 0 Å². The van der Waals surface area contributed by atoms with Gasteiger partial charge in [0, 0.05) is 48.4 Å². The number of nitrogens with zero attached hydrogens (tertiary/aromatic N) is 2. The molecule has 4 rings (SSSR count). The smallest absolute Gasteiger partial charge is 0.271 e. The molecule has 0 aliphatic carbocycles. The van der Waals surface area contributed by atoms with Crippen molar-refractivity contribution in [3.05, 3.63) is 46.1 Å². The number of non-ortho nitro benzene ring substituents is 1. The van der Waals surface area contributed by atoms with Crippen molar-refractivity contribution in [2.75, 3.05) is 13.1 Å². The van der Waals surface area contributed by atoms with Gasteiger partial charge in [0.25, 0.3) is 5.69 Å². The summed E-state index contributed by atoms with van der Waals surface area (Å²) in [7, 11) is 0. The van der Waals surface area contributed by atoms with E-state index in [0.29, 0.717) is 6.04 Å². The Morgan fingerprint density at radius 3 is 3.06 bits per heavy atom. The molecule has 1 saturated heterocycles. The molecule has 90 valence electrons. The van der Waals surface area contributed by atoms with Crippen LogP contribution in [-0.4, -0.2) is 33.9 Å². The monoisotopic (exact) mass is 241 g/mol. The fourth-order valence-corrected chi connectivity index (χ4v) is 2.71. The van der Waals surface area contributed by atoms with E-state index in [2.05, 4.69) is 16.0 Å². The predicted molar refractivity (Wildman–Crippen MR) is 68.3 cm³/mol. The Morgan fingerprint density at radius 2 is 2.33 bits per heavy atom. The fraction of sp³-hybridized carbons (Fsp3) is 0.231. The molecule has 1 N–H and O–H groups in total. The molecule has 0 amide bonds. The van der Waals surface area contributed by atoms with Gasteiger partial charge in [-0.1, -0.05) is 6.08 Å². The summed E-state index contributed by atoms with van der Waals surface area (Å²) >= 11 is 0. The van der Waals surface area contributed by atoms with Gasteiger partial charge in [-0.3, -0.25) is 15.0 Å². The number of nitrogens with one attached hydrogen (secondary N) is 1. The quantitative estimate of drug-likeness (QED) is 0.498. The van der Waals surface area contributed by atoms with Crippen molar-refractivity contribution in [1.29, 1.82) is 0 Å². The molecule has 2 aliphatic heterocycles. The second-order valence-electron chi connectivity index (χ2n) is 4.88. The van der Waals surface area contributed by atoms with Gasteiger partial charge >= 0.3 is 0 Å². The number of rotatable bonds is 2. The molecule has 3 heterocycles. The Kier molecular flexibility index (Phi) is 1.75. The van der Waals surface area contributed by atoms with Crippen molar-refractivity contribution < 1.29 is 4.92 Å². The molecule has 0 spiro atoms. The van der Waals surface area contributed by atoms with E-state index in [4.69, 9.17) is 0 Å². The molecule has 2 aromatic rings. The van der Waals surface area contributed by atoms with Gasteiger partial charge in [-0.15, -0.1) is 0 Å². The van der Waals surface area contributed by atoms with Crippen LogP contribution in [0.15, 0.2) is 30.5 Å². The van der Waals surface area contributed by atoms with Crippen LogP contribution in [0.1, 0.15) is 5.56 Å². The highest BCUT2D eigenvalue weighted by molar-refractivity contribution is 5.94. The largest absolute Gasteiger partial charge is 0.360 e. The molecule has 18 heavy (non-hydrogen) atoms. The summed E-state index contributed by atoms with van der Waals surface area (Å²) < 4.78 is 0. The first-order chi connectivity index (χ1) is 8.72. The zero-order valence-electron chi connectivity index (χ0n) is 9.59. The Bertz CT molecular complexity index is 701. The van der Waals surface area contributed by atoms with E-state index in [9.17, 15) is 10.1 Å². The molecule has 2 atom stereocenters. The van der Waals surface area contributed by atoms with Gasteiger partial charge in [-0.05, 0) is 11.6 Å². The molecule has 0 saturated carbocycles. The third-order valence-electron chi connectivity index (χ3n) is 3.75. The summed E-state index contributed by atoms with van der Waals surface area (Å²) in [6, 6.07) is 5.62. The molecule has 5 nitrogen and oxygen atoms in total. The average molecular weight is 241 g/mol. The van der Waals surface area contributed by atoms with Crippen molar-refractivity contribution >= 4 is 22.2 Å². The lowest BCUT2D eigenvalue weighted by molar-refractivity contribution is -0.384. The Labute approximate surface area is 103 Å². The summed E-state index contributed by atoms with van der Waals surface area (Å²) in [5.74, 6) is 0. The minimum Gasteiger partial charge on any atom is -0.360 e. The maximum atomic E-state index is 10.7. The van der Waals surface area contributed by atoms with Gasteiger partial charge in [0.15, 0.2) is 0 Å². The van der Waals surface area contributed by atoms with Gasteiger partial charge in [0.1, 0.15) is 0 Å². The molecule has 1 aromatic heterocycles. The highest BCUT2D eigenvalue weighted by atomic mass is 16.6.